The Morgan fingerprint density at radius 2 is 2.33 bits per heavy atom. The number of guanidine groups is 1. The van der Waals surface area contributed by atoms with Crippen LogP contribution >= 0.6 is 27.3 Å². The molecule has 0 aliphatic heterocycles. The first-order valence-electron chi connectivity index (χ1n) is 5.93. The van der Waals surface area contributed by atoms with Crippen molar-refractivity contribution >= 4 is 33.2 Å². The van der Waals surface area contributed by atoms with E-state index in [0.29, 0.717) is 13.2 Å². The second kappa shape index (κ2) is 8.50. The summed E-state index contributed by atoms with van der Waals surface area (Å²) >= 11 is 5.16. The average Bonchev–Trinajstić information content (AvgIpc) is 2.73. The molecule has 6 heteroatoms. The van der Waals surface area contributed by atoms with Crippen LogP contribution in [0.3, 0.4) is 0 Å². The van der Waals surface area contributed by atoms with Gasteiger partial charge in [-0.05, 0) is 41.9 Å². The third-order valence-corrected chi connectivity index (χ3v) is 3.77. The Hall–Kier alpha value is -0.590. The van der Waals surface area contributed by atoms with Crippen LogP contribution < -0.4 is 10.6 Å². The number of aliphatic imine (C=N–C) groups is 1. The summed E-state index contributed by atoms with van der Waals surface area (Å²) in [6.07, 6.45) is 0. The number of nitrogens with one attached hydrogen (secondary N) is 2. The number of thiophene rings is 1. The van der Waals surface area contributed by atoms with Crippen molar-refractivity contribution in [3.63, 3.8) is 0 Å². The topological polar surface area (TPSA) is 45.7 Å². The van der Waals surface area contributed by atoms with E-state index in [1.165, 1.54) is 4.88 Å². The molecule has 0 aliphatic rings. The number of nitrogens with zero attached hydrogens (tertiary/aromatic N) is 1. The van der Waals surface area contributed by atoms with Crippen molar-refractivity contribution in [1.29, 1.82) is 0 Å². The van der Waals surface area contributed by atoms with Crippen LogP contribution in [0.25, 0.3) is 0 Å². The minimum atomic E-state index is 0.239. The molecule has 2 N–H and O–H groups in total. The van der Waals surface area contributed by atoms with E-state index in [0.717, 1.165) is 16.3 Å². The highest BCUT2D eigenvalue weighted by Gasteiger charge is 2.04. The fourth-order valence-electron chi connectivity index (χ4n) is 1.44. The molecule has 1 rings (SSSR count). The minimum absolute atomic E-state index is 0.239. The Balaban J connectivity index is 2.54. The molecule has 0 saturated heterocycles. The second-order valence-corrected chi connectivity index (χ2v) is 6.45. The molecule has 1 atom stereocenters. The van der Waals surface area contributed by atoms with Crippen LogP contribution in [0.4, 0.5) is 0 Å². The molecule has 1 aromatic rings. The van der Waals surface area contributed by atoms with Gasteiger partial charge >= 0.3 is 0 Å². The molecule has 0 spiro atoms. The lowest BCUT2D eigenvalue weighted by Crippen LogP contribution is -2.43. The predicted molar refractivity (Wildman–Crippen MR) is 81.3 cm³/mol. The van der Waals surface area contributed by atoms with E-state index in [1.54, 1.807) is 18.4 Å². The summed E-state index contributed by atoms with van der Waals surface area (Å²) < 4.78 is 6.24. The van der Waals surface area contributed by atoms with Crippen LogP contribution in [0.1, 0.15) is 18.7 Å². The molecule has 4 nitrogen and oxygen atoms in total. The maximum atomic E-state index is 5.10. The summed E-state index contributed by atoms with van der Waals surface area (Å²) in [6, 6.07) is 4.37. The number of hydrogen-bond donors (Lipinski definition) is 2. The molecule has 0 aliphatic carbocycles. The number of methoxy groups -OCH3 is 1. The highest BCUT2D eigenvalue weighted by atomic mass is 79.9. The Morgan fingerprint density at radius 3 is 2.89 bits per heavy atom. The van der Waals surface area contributed by atoms with Crippen LogP contribution in [0.5, 0.6) is 0 Å². The summed E-state index contributed by atoms with van der Waals surface area (Å²) in [4.78, 5) is 5.78. The van der Waals surface area contributed by atoms with Crippen LogP contribution in [0, 0.1) is 0 Å². The highest BCUT2D eigenvalue weighted by molar-refractivity contribution is 9.11. The van der Waals surface area contributed by atoms with Crippen LogP contribution in [-0.4, -0.2) is 32.3 Å². The van der Waals surface area contributed by atoms with Gasteiger partial charge in [0.15, 0.2) is 5.96 Å². The molecule has 1 heterocycles. The van der Waals surface area contributed by atoms with E-state index < -0.39 is 0 Å². The summed E-state index contributed by atoms with van der Waals surface area (Å²) in [5.41, 5.74) is 0. The van der Waals surface area contributed by atoms with Crippen LogP contribution in [-0.2, 0) is 11.3 Å². The Morgan fingerprint density at radius 1 is 1.56 bits per heavy atom. The zero-order valence-corrected chi connectivity index (χ0v) is 13.4. The number of hydrogen-bond acceptors (Lipinski definition) is 3. The van der Waals surface area contributed by atoms with Crippen molar-refractivity contribution in [3.05, 3.63) is 20.8 Å². The lowest BCUT2D eigenvalue weighted by atomic mass is 10.4. The van der Waals surface area contributed by atoms with E-state index in [-0.39, 0.29) is 6.04 Å². The van der Waals surface area contributed by atoms with Gasteiger partial charge in [-0.1, -0.05) is 0 Å². The molecule has 0 saturated carbocycles. The Labute approximate surface area is 121 Å². The molecule has 1 unspecified atom stereocenters. The zero-order chi connectivity index (χ0) is 13.4. The van der Waals surface area contributed by atoms with Gasteiger partial charge in [-0.2, -0.15) is 0 Å². The zero-order valence-electron chi connectivity index (χ0n) is 11.0. The standard InChI is InChI=1S/C12H20BrN3OS/c1-4-14-12(16-9(2)8-17-3)15-7-10-5-6-11(13)18-10/h5-6,9H,4,7-8H2,1-3H3,(H2,14,15,16). The van der Waals surface area contributed by atoms with Crippen LogP contribution in [0.15, 0.2) is 20.9 Å². The quantitative estimate of drug-likeness (QED) is 0.621. The summed E-state index contributed by atoms with van der Waals surface area (Å²) in [5.74, 6) is 0.826. The maximum Gasteiger partial charge on any atom is 0.191 e. The normalized spacial score (nSPS) is 13.4. The van der Waals surface area contributed by atoms with E-state index in [9.17, 15) is 0 Å². The first-order valence-corrected chi connectivity index (χ1v) is 7.54. The fourth-order valence-corrected chi connectivity index (χ4v) is 2.85. The molecule has 102 valence electrons. The van der Waals surface area contributed by atoms with Gasteiger partial charge in [0, 0.05) is 24.6 Å². The monoisotopic (exact) mass is 333 g/mol. The molecular formula is C12H20BrN3OS. The van der Waals surface area contributed by atoms with Gasteiger partial charge in [-0.15, -0.1) is 11.3 Å². The van der Waals surface area contributed by atoms with Gasteiger partial charge in [-0.3, -0.25) is 0 Å². The predicted octanol–water partition coefficient (Wildman–Crippen LogP) is 2.60. The Kier molecular flexibility index (Phi) is 7.31. The summed E-state index contributed by atoms with van der Waals surface area (Å²) in [6.45, 7) is 6.32. The van der Waals surface area contributed by atoms with Gasteiger partial charge in [0.1, 0.15) is 0 Å². The second-order valence-electron chi connectivity index (χ2n) is 3.90. The van der Waals surface area contributed by atoms with E-state index in [4.69, 9.17) is 4.74 Å². The molecule has 0 aromatic carbocycles. The number of rotatable bonds is 6. The minimum Gasteiger partial charge on any atom is -0.383 e. The van der Waals surface area contributed by atoms with Crippen molar-refractivity contribution in [2.75, 3.05) is 20.3 Å². The fraction of sp³-hybridized carbons (Fsp3) is 0.583. The molecular weight excluding hydrogens is 314 g/mol. The smallest absolute Gasteiger partial charge is 0.191 e. The van der Waals surface area contributed by atoms with Gasteiger partial charge in [-0.25, -0.2) is 4.99 Å². The number of halogens is 1. The van der Waals surface area contributed by atoms with E-state index in [2.05, 4.69) is 51.5 Å². The first-order chi connectivity index (χ1) is 8.65. The lowest BCUT2D eigenvalue weighted by Gasteiger charge is -2.16. The van der Waals surface area contributed by atoms with Crippen molar-refractivity contribution in [1.82, 2.24) is 10.6 Å². The molecule has 0 radical (unpaired) electrons. The molecule has 18 heavy (non-hydrogen) atoms. The highest BCUT2D eigenvalue weighted by Crippen LogP contribution is 2.22. The Bertz CT molecular complexity index is 381. The third kappa shape index (κ3) is 5.84. The van der Waals surface area contributed by atoms with Gasteiger partial charge in [0.05, 0.1) is 16.9 Å². The molecule has 0 amide bonds. The third-order valence-electron chi connectivity index (χ3n) is 2.17. The van der Waals surface area contributed by atoms with E-state index in [1.807, 2.05) is 6.07 Å². The van der Waals surface area contributed by atoms with Crippen molar-refractivity contribution < 1.29 is 4.74 Å². The SMILES string of the molecule is CCNC(=NCc1ccc(Br)s1)NC(C)COC. The average molecular weight is 334 g/mol. The van der Waals surface area contributed by atoms with Gasteiger partial charge in [0.2, 0.25) is 0 Å². The molecule has 1 aromatic heterocycles. The van der Waals surface area contributed by atoms with Crippen molar-refractivity contribution in [2.24, 2.45) is 4.99 Å². The molecule has 0 bridgehead atoms. The maximum absolute atomic E-state index is 5.10. The summed E-state index contributed by atoms with van der Waals surface area (Å²) in [5, 5.41) is 6.53. The van der Waals surface area contributed by atoms with Gasteiger partial charge in [0.25, 0.3) is 0 Å². The van der Waals surface area contributed by atoms with E-state index >= 15 is 0 Å². The molecule has 0 fully saturated rings. The summed E-state index contributed by atoms with van der Waals surface area (Å²) in [7, 11) is 1.70. The van der Waals surface area contributed by atoms with Crippen molar-refractivity contribution in [3.8, 4) is 0 Å². The number of ether oxygens (including phenoxy) is 1. The first kappa shape index (κ1) is 15.5. The largest absolute Gasteiger partial charge is 0.383 e. The van der Waals surface area contributed by atoms with Gasteiger partial charge < -0.3 is 15.4 Å². The van der Waals surface area contributed by atoms with Crippen molar-refractivity contribution in [2.45, 2.75) is 26.4 Å². The lowest BCUT2D eigenvalue weighted by molar-refractivity contribution is 0.179. The van der Waals surface area contributed by atoms with Crippen LogP contribution in [0.2, 0.25) is 0 Å².